The number of hydrogen-bond donors (Lipinski definition) is 0. The van der Waals surface area contributed by atoms with Crippen molar-refractivity contribution >= 4 is 5.69 Å². The third-order valence-corrected chi connectivity index (χ3v) is 5.54. The van der Waals surface area contributed by atoms with Gasteiger partial charge in [-0.25, -0.2) is 0 Å². The molecule has 3 heteroatoms. The predicted octanol–water partition coefficient (Wildman–Crippen LogP) is 2.50. The summed E-state index contributed by atoms with van der Waals surface area (Å²) in [5, 5.41) is 0. The number of ether oxygens (including phenoxy) is 1. The zero-order valence-corrected chi connectivity index (χ0v) is 13.4. The predicted molar refractivity (Wildman–Crippen MR) is 85.9 cm³/mol. The molecule has 1 saturated carbocycles. The van der Waals surface area contributed by atoms with Crippen LogP contribution < -0.4 is 4.90 Å². The molecule has 0 bridgehead atoms. The van der Waals surface area contributed by atoms with Crippen molar-refractivity contribution in [1.29, 1.82) is 0 Å². The number of nitrogens with zero attached hydrogens (tertiary/aromatic N) is 2. The summed E-state index contributed by atoms with van der Waals surface area (Å²) in [6, 6.07) is 9.39. The SMILES string of the molecule is CC1CN(c2ccc(C34CC3CN(C)C4)cc2)CC(C)O1. The smallest absolute Gasteiger partial charge is 0.0726 e. The monoisotopic (exact) mass is 286 g/mol. The lowest BCUT2D eigenvalue weighted by atomic mass is 9.94. The van der Waals surface area contributed by atoms with E-state index in [4.69, 9.17) is 4.74 Å². The van der Waals surface area contributed by atoms with Gasteiger partial charge in [0, 0.05) is 37.3 Å². The third kappa shape index (κ3) is 2.27. The molecule has 0 N–H and O–H groups in total. The van der Waals surface area contributed by atoms with Gasteiger partial charge in [-0.2, -0.15) is 0 Å². The molecule has 0 spiro atoms. The topological polar surface area (TPSA) is 15.7 Å². The van der Waals surface area contributed by atoms with E-state index in [1.165, 1.54) is 25.2 Å². The van der Waals surface area contributed by atoms with Gasteiger partial charge in [-0.15, -0.1) is 0 Å². The first-order chi connectivity index (χ1) is 10.1. The minimum Gasteiger partial charge on any atom is -0.372 e. The Morgan fingerprint density at radius 3 is 2.29 bits per heavy atom. The molecule has 3 nitrogen and oxygen atoms in total. The van der Waals surface area contributed by atoms with E-state index in [1.807, 2.05) is 0 Å². The molecular formula is C18H26N2O. The van der Waals surface area contributed by atoms with Crippen molar-refractivity contribution in [3.05, 3.63) is 29.8 Å². The molecule has 2 aliphatic heterocycles. The summed E-state index contributed by atoms with van der Waals surface area (Å²) >= 11 is 0. The first kappa shape index (κ1) is 13.6. The minimum atomic E-state index is 0.323. The molecule has 0 radical (unpaired) electrons. The highest BCUT2D eigenvalue weighted by atomic mass is 16.5. The fraction of sp³-hybridized carbons (Fsp3) is 0.667. The average molecular weight is 286 g/mol. The Morgan fingerprint density at radius 1 is 1.05 bits per heavy atom. The van der Waals surface area contributed by atoms with Gasteiger partial charge < -0.3 is 14.5 Å². The van der Waals surface area contributed by atoms with Crippen molar-refractivity contribution in [2.24, 2.45) is 5.92 Å². The number of hydrogen-bond acceptors (Lipinski definition) is 3. The van der Waals surface area contributed by atoms with Crippen molar-refractivity contribution < 1.29 is 4.74 Å². The lowest BCUT2D eigenvalue weighted by Crippen LogP contribution is -2.45. The summed E-state index contributed by atoms with van der Waals surface area (Å²) in [6.07, 6.45) is 2.04. The maximum Gasteiger partial charge on any atom is 0.0726 e. The van der Waals surface area contributed by atoms with Crippen LogP contribution in [0.3, 0.4) is 0 Å². The molecule has 2 saturated heterocycles. The van der Waals surface area contributed by atoms with Crippen LogP contribution >= 0.6 is 0 Å². The zero-order chi connectivity index (χ0) is 14.6. The van der Waals surface area contributed by atoms with Crippen LogP contribution in [0.2, 0.25) is 0 Å². The van der Waals surface area contributed by atoms with Crippen LogP contribution in [-0.2, 0) is 10.2 Å². The second-order valence-corrected chi connectivity index (χ2v) is 7.46. The summed E-state index contributed by atoms with van der Waals surface area (Å²) in [4.78, 5) is 4.94. The van der Waals surface area contributed by atoms with Crippen LogP contribution in [0, 0.1) is 5.92 Å². The van der Waals surface area contributed by atoms with Crippen LogP contribution in [-0.4, -0.2) is 50.3 Å². The highest BCUT2D eigenvalue weighted by Gasteiger charge is 2.59. The Labute approximate surface area is 127 Å². The Hall–Kier alpha value is -1.06. The summed E-state index contributed by atoms with van der Waals surface area (Å²) in [5.41, 5.74) is 3.38. The van der Waals surface area contributed by atoms with Crippen molar-refractivity contribution in [1.82, 2.24) is 4.90 Å². The van der Waals surface area contributed by atoms with Gasteiger partial charge in [-0.05, 0) is 50.9 Å². The van der Waals surface area contributed by atoms with Gasteiger partial charge in [0.1, 0.15) is 0 Å². The molecular weight excluding hydrogens is 260 g/mol. The lowest BCUT2D eigenvalue weighted by molar-refractivity contribution is -0.00521. The van der Waals surface area contributed by atoms with Crippen LogP contribution in [0.15, 0.2) is 24.3 Å². The summed E-state index contributed by atoms with van der Waals surface area (Å²) in [6.45, 7) is 8.85. The van der Waals surface area contributed by atoms with Crippen molar-refractivity contribution in [2.45, 2.75) is 37.9 Å². The number of rotatable bonds is 2. The molecule has 2 heterocycles. The van der Waals surface area contributed by atoms with E-state index < -0.39 is 0 Å². The minimum absolute atomic E-state index is 0.323. The lowest BCUT2D eigenvalue weighted by Gasteiger charge is -2.37. The molecule has 4 rings (SSSR count). The number of benzene rings is 1. The molecule has 1 aliphatic carbocycles. The fourth-order valence-electron chi connectivity index (χ4n) is 4.57. The van der Waals surface area contributed by atoms with Crippen LogP contribution in [0.25, 0.3) is 0 Å². The fourth-order valence-corrected chi connectivity index (χ4v) is 4.57. The van der Waals surface area contributed by atoms with Gasteiger partial charge in [0.05, 0.1) is 12.2 Å². The standard InChI is InChI=1S/C18H26N2O/c1-13-9-20(10-14(2)21-13)17-6-4-15(5-7-17)18-8-16(18)11-19(3)12-18/h4-7,13-14,16H,8-12H2,1-3H3. The Balaban J connectivity index is 1.52. The molecule has 21 heavy (non-hydrogen) atoms. The number of fused-ring (bicyclic) bond motifs is 1. The largest absolute Gasteiger partial charge is 0.372 e. The summed E-state index contributed by atoms with van der Waals surface area (Å²) in [5.74, 6) is 0.900. The van der Waals surface area contributed by atoms with Crippen LogP contribution in [0.1, 0.15) is 25.8 Å². The first-order valence-corrected chi connectivity index (χ1v) is 8.26. The number of likely N-dealkylation sites (tertiary alicyclic amines) is 1. The molecule has 114 valence electrons. The molecule has 3 aliphatic rings. The maximum absolute atomic E-state index is 5.83. The van der Waals surface area contributed by atoms with Gasteiger partial charge >= 0.3 is 0 Å². The molecule has 0 aromatic heterocycles. The van der Waals surface area contributed by atoms with E-state index in [-0.39, 0.29) is 0 Å². The van der Waals surface area contributed by atoms with E-state index in [9.17, 15) is 0 Å². The number of morpholine rings is 1. The number of piperidine rings is 1. The Bertz CT molecular complexity index is 519. The highest BCUT2D eigenvalue weighted by molar-refractivity contribution is 5.51. The van der Waals surface area contributed by atoms with Crippen LogP contribution in [0.5, 0.6) is 0 Å². The van der Waals surface area contributed by atoms with Gasteiger partial charge in [0.2, 0.25) is 0 Å². The highest BCUT2D eigenvalue weighted by Crippen LogP contribution is 2.58. The first-order valence-electron chi connectivity index (χ1n) is 8.26. The molecule has 1 aromatic rings. The molecule has 1 aromatic carbocycles. The number of likely N-dealkylation sites (N-methyl/N-ethyl adjacent to an activating group) is 1. The normalized spacial score (nSPS) is 39.4. The molecule has 4 unspecified atom stereocenters. The van der Waals surface area contributed by atoms with Crippen LogP contribution in [0.4, 0.5) is 5.69 Å². The quantitative estimate of drug-likeness (QED) is 0.831. The second kappa shape index (κ2) is 4.72. The van der Waals surface area contributed by atoms with Gasteiger partial charge in [0.25, 0.3) is 0 Å². The van der Waals surface area contributed by atoms with Gasteiger partial charge in [-0.3, -0.25) is 0 Å². The van der Waals surface area contributed by atoms with E-state index in [1.54, 1.807) is 5.56 Å². The Kier molecular flexibility index (Phi) is 3.05. The zero-order valence-electron chi connectivity index (χ0n) is 13.4. The summed E-state index contributed by atoms with van der Waals surface area (Å²) in [7, 11) is 2.25. The second-order valence-electron chi connectivity index (χ2n) is 7.46. The maximum atomic E-state index is 5.83. The van der Waals surface area contributed by atoms with E-state index >= 15 is 0 Å². The summed E-state index contributed by atoms with van der Waals surface area (Å²) < 4.78 is 5.83. The number of anilines is 1. The van der Waals surface area contributed by atoms with E-state index in [0.29, 0.717) is 17.6 Å². The van der Waals surface area contributed by atoms with Crippen molar-refractivity contribution in [3.63, 3.8) is 0 Å². The van der Waals surface area contributed by atoms with Gasteiger partial charge in [0.15, 0.2) is 0 Å². The average Bonchev–Trinajstić information content (AvgIpc) is 3.01. The van der Waals surface area contributed by atoms with Gasteiger partial charge in [-0.1, -0.05) is 12.1 Å². The van der Waals surface area contributed by atoms with Crippen molar-refractivity contribution in [3.8, 4) is 0 Å². The Morgan fingerprint density at radius 2 is 1.71 bits per heavy atom. The molecule has 0 amide bonds. The molecule has 3 fully saturated rings. The van der Waals surface area contributed by atoms with E-state index in [0.717, 1.165) is 19.0 Å². The molecule has 4 atom stereocenters. The van der Waals surface area contributed by atoms with E-state index in [2.05, 4.69) is 55.0 Å². The third-order valence-electron chi connectivity index (χ3n) is 5.54. The van der Waals surface area contributed by atoms with Crippen molar-refractivity contribution in [2.75, 3.05) is 38.1 Å².